The molecule has 5 aromatic rings. The Balaban J connectivity index is 1.44. The van der Waals surface area contributed by atoms with E-state index >= 15 is 0 Å². The van der Waals surface area contributed by atoms with E-state index in [1.165, 1.54) is 17.2 Å². The summed E-state index contributed by atoms with van der Waals surface area (Å²) in [6, 6.07) is 23.3. The molecule has 0 saturated carbocycles. The number of aromatic nitrogens is 2. The van der Waals surface area contributed by atoms with Crippen molar-refractivity contribution in [3.63, 3.8) is 0 Å². The predicted octanol–water partition coefficient (Wildman–Crippen LogP) is 5.71. The third kappa shape index (κ3) is 3.24. The highest BCUT2D eigenvalue weighted by atomic mass is 16.4. The minimum Gasteiger partial charge on any atom is -0.459 e. The summed E-state index contributed by atoms with van der Waals surface area (Å²) in [6.07, 6.45) is 1.51. The summed E-state index contributed by atoms with van der Waals surface area (Å²) < 4.78 is 10.7. The number of hydrogen-bond acceptors (Lipinski definition) is 5. The zero-order chi connectivity index (χ0) is 20.5. The maximum absolute atomic E-state index is 12.7. The van der Waals surface area contributed by atoms with E-state index < -0.39 is 0 Å². The van der Waals surface area contributed by atoms with Gasteiger partial charge in [0.15, 0.2) is 5.76 Å². The molecule has 5 rings (SSSR count). The van der Waals surface area contributed by atoms with Crippen LogP contribution >= 0.6 is 0 Å². The van der Waals surface area contributed by atoms with Crippen LogP contribution in [-0.4, -0.2) is 16.1 Å². The molecular weight excluding hydrogens is 378 g/mol. The van der Waals surface area contributed by atoms with Crippen LogP contribution in [0.4, 0.5) is 6.01 Å². The molecule has 2 aromatic heterocycles. The highest BCUT2D eigenvalue weighted by Gasteiger charge is 2.15. The molecule has 3 aromatic carbocycles. The molecule has 0 atom stereocenters. The van der Waals surface area contributed by atoms with Gasteiger partial charge in [-0.15, -0.1) is 5.10 Å². The molecule has 1 N–H and O–H groups in total. The lowest BCUT2D eigenvalue weighted by Gasteiger charge is -2.10. The molecule has 2 heterocycles. The van der Waals surface area contributed by atoms with Crippen LogP contribution in [0.25, 0.3) is 33.6 Å². The molecule has 146 valence electrons. The lowest BCUT2D eigenvalue weighted by atomic mass is 9.94. The van der Waals surface area contributed by atoms with Crippen LogP contribution in [0.15, 0.2) is 87.9 Å². The molecule has 0 aliphatic heterocycles. The molecule has 6 heteroatoms. The fraction of sp³-hybridized carbons (Fsp3) is 0.0417. The number of nitrogens with one attached hydrogen (secondary N) is 1. The van der Waals surface area contributed by atoms with Gasteiger partial charge in [-0.25, -0.2) is 0 Å². The van der Waals surface area contributed by atoms with E-state index in [0.29, 0.717) is 11.3 Å². The summed E-state index contributed by atoms with van der Waals surface area (Å²) in [5, 5.41) is 12.7. The molecule has 0 unspecified atom stereocenters. The van der Waals surface area contributed by atoms with Gasteiger partial charge >= 0.3 is 6.01 Å². The highest BCUT2D eigenvalue weighted by Crippen LogP contribution is 2.31. The van der Waals surface area contributed by atoms with Crippen LogP contribution in [0.5, 0.6) is 0 Å². The zero-order valence-electron chi connectivity index (χ0n) is 16.1. The number of fused-ring (bicyclic) bond motifs is 1. The van der Waals surface area contributed by atoms with E-state index in [2.05, 4.69) is 46.7 Å². The lowest BCUT2D eigenvalue weighted by Crippen LogP contribution is -2.12. The summed E-state index contributed by atoms with van der Waals surface area (Å²) in [5.41, 5.74) is 3.74. The van der Waals surface area contributed by atoms with Gasteiger partial charge in [-0.3, -0.25) is 10.1 Å². The number of hydrogen-bond donors (Lipinski definition) is 1. The van der Waals surface area contributed by atoms with Gasteiger partial charge in [0, 0.05) is 5.56 Å². The van der Waals surface area contributed by atoms with Gasteiger partial charge in [0.25, 0.3) is 11.8 Å². The van der Waals surface area contributed by atoms with Gasteiger partial charge < -0.3 is 8.83 Å². The largest absolute Gasteiger partial charge is 0.459 e. The van der Waals surface area contributed by atoms with Gasteiger partial charge in [0.2, 0.25) is 0 Å². The molecule has 0 spiro atoms. The Bertz CT molecular complexity index is 1350. The zero-order valence-corrected chi connectivity index (χ0v) is 16.1. The van der Waals surface area contributed by atoms with Gasteiger partial charge in [-0.1, -0.05) is 53.6 Å². The minimum atomic E-state index is -0.331. The van der Waals surface area contributed by atoms with E-state index in [4.69, 9.17) is 8.83 Å². The van der Waals surface area contributed by atoms with Crippen molar-refractivity contribution in [3.8, 4) is 22.8 Å². The number of benzene rings is 3. The first-order chi connectivity index (χ1) is 14.7. The maximum Gasteiger partial charge on any atom is 0.322 e. The second-order valence-electron chi connectivity index (χ2n) is 6.90. The molecule has 30 heavy (non-hydrogen) atoms. The Kier molecular flexibility index (Phi) is 4.37. The van der Waals surface area contributed by atoms with E-state index in [1.807, 2.05) is 30.3 Å². The van der Waals surface area contributed by atoms with Crippen LogP contribution in [0, 0.1) is 6.92 Å². The summed E-state index contributed by atoms with van der Waals surface area (Å²) in [7, 11) is 0. The SMILES string of the molecule is Cc1ccc(-c2cccc(C(=O)Nc3nnc(-c4ccco4)o3)c2)c2ccccc12. The van der Waals surface area contributed by atoms with Crippen molar-refractivity contribution in [2.75, 3.05) is 5.32 Å². The second-order valence-corrected chi connectivity index (χ2v) is 6.90. The van der Waals surface area contributed by atoms with Crippen LogP contribution in [0.1, 0.15) is 15.9 Å². The van der Waals surface area contributed by atoms with Crippen LogP contribution < -0.4 is 5.32 Å². The second kappa shape index (κ2) is 7.33. The first-order valence-electron chi connectivity index (χ1n) is 9.46. The first-order valence-corrected chi connectivity index (χ1v) is 9.46. The van der Waals surface area contributed by atoms with Crippen molar-refractivity contribution in [2.45, 2.75) is 6.92 Å². The topological polar surface area (TPSA) is 81.2 Å². The molecule has 0 saturated heterocycles. The summed E-state index contributed by atoms with van der Waals surface area (Å²) >= 11 is 0. The Morgan fingerprint density at radius 1 is 0.900 bits per heavy atom. The molecular formula is C24H17N3O3. The number of nitrogens with zero attached hydrogens (tertiary/aromatic N) is 2. The van der Waals surface area contributed by atoms with Crippen LogP contribution in [0.2, 0.25) is 0 Å². The normalized spacial score (nSPS) is 11.0. The number of carbonyl (C=O) groups excluding carboxylic acids is 1. The van der Waals surface area contributed by atoms with E-state index in [9.17, 15) is 4.79 Å². The Morgan fingerprint density at radius 3 is 2.60 bits per heavy atom. The molecule has 0 fully saturated rings. The molecule has 0 bridgehead atoms. The van der Waals surface area contributed by atoms with Crippen molar-refractivity contribution in [1.29, 1.82) is 0 Å². The smallest absolute Gasteiger partial charge is 0.322 e. The number of furan rings is 1. The average Bonchev–Trinajstić information content (AvgIpc) is 3.46. The predicted molar refractivity (Wildman–Crippen MR) is 114 cm³/mol. The third-order valence-corrected chi connectivity index (χ3v) is 4.96. The Labute approximate surface area is 172 Å². The third-order valence-electron chi connectivity index (χ3n) is 4.96. The highest BCUT2D eigenvalue weighted by molar-refractivity contribution is 6.05. The molecule has 0 aliphatic carbocycles. The van der Waals surface area contributed by atoms with E-state index in [1.54, 1.807) is 18.2 Å². The van der Waals surface area contributed by atoms with Crippen LogP contribution in [0.3, 0.4) is 0 Å². The quantitative estimate of drug-likeness (QED) is 0.421. The summed E-state index contributed by atoms with van der Waals surface area (Å²) in [4.78, 5) is 12.7. The number of anilines is 1. The van der Waals surface area contributed by atoms with Crippen molar-refractivity contribution >= 4 is 22.7 Å². The Hall–Kier alpha value is -4.19. The van der Waals surface area contributed by atoms with Crippen molar-refractivity contribution < 1.29 is 13.6 Å². The number of rotatable bonds is 4. The Morgan fingerprint density at radius 2 is 1.77 bits per heavy atom. The van der Waals surface area contributed by atoms with Gasteiger partial charge in [0.1, 0.15) is 0 Å². The summed E-state index contributed by atoms with van der Waals surface area (Å²) in [5.74, 6) is 0.314. The van der Waals surface area contributed by atoms with Crippen LogP contribution in [-0.2, 0) is 0 Å². The average molecular weight is 395 g/mol. The van der Waals surface area contributed by atoms with Crippen molar-refractivity contribution in [3.05, 3.63) is 90.2 Å². The minimum absolute atomic E-state index is 0.0117. The molecule has 0 aliphatic rings. The lowest BCUT2D eigenvalue weighted by molar-refractivity contribution is 0.102. The first kappa shape index (κ1) is 17.9. The monoisotopic (exact) mass is 395 g/mol. The van der Waals surface area contributed by atoms with E-state index in [-0.39, 0.29) is 17.8 Å². The maximum atomic E-state index is 12.7. The van der Waals surface area contributed by atoms with Crippen molar-refractivity contribution in [2.24, 2.45) is 0 Å². The van der Waals surface area contributed by atoms with E-state index in [0.717, 1.165) is 16.5 Å². The van der Waals surface area contributed by atoms with Gasteiger partial charge in [-0.05, 0) is 58.7 Å². The number of aryl methyl sites for hydroxylation is 1. The fourth-order valence-corrected chi connectivity index (χ4v) is 3.47. The molecule has 6 nitrogen and oxygen atoms in total. The van der Waals surface area contributed by atoms with Gasteiger partial charge in [0.05, 0.1) is 6.26 Å². The summed E-state index contributed by atoms with van der Waals surface area (Å²) in [6.45, 7) is 2.09. The van der Waals surface area contributed by atoms with Crippen molar-refractivity contribution in [1.82, 2.24) is 10.2 Å². The molecule has 1 amide bonds. The molecule has 0 radical (unpaired) electrons. The number of amides is 1. The fourth-order valence-electron chi connectivity index (χ4n) is 3.47. The number of carbonyl (C=O) groups is 1. The van der Waals surface area contributed by atoms with Gasteiger partial charge in [-0.2, -0.15) is 0 Å². The standard InChI is InChI=1S/C24H17N3O3/c1-15-11-12-19(20-9-3-2-8-18(15)20)16-6-4-7-17(14-16)22(28)25-24-27-26-23(30-24)21-10-5-13-29-21/h2-14H,1H3,(H,25,27,28).